The highest BCUT2D eigenvalue weighted by Gasteiger charge is 2.27. The molecule has 0 bridgehead atoms. The second kappa shape index (κ2) is 6.45. The largest absolute Gasteiger partial charge is 0.396 e. The van der Waals surface area contributed by atoms with Gasteiger partial charge in [0.15, 0.2) is 0 Å². The van der Waals surface area contributed by atoms with Crippen molar-refractivity contribution in [1.82, 2.24) is 9.88 Å². The molecule has 0 saturated heterocycles. The van der Waals surface area contributed by atoms with Crippen LogP contribution in [-0.2, 0) is 0 Å². The molecule has 5 heteroatoms. The van der Waals surface area contributed by atoms with Crippen molar-refractivity contribution in [3.63, 3.8) is 0 Å². The van der Waals surface area contributed by atoms with Gasteiger partial charge in [-0.3, -0.25) is 4.79 Å². The van der Waals surface area contributed by atoms with Crippen LogP contribution in [0, 0.1) is 5.92 Å². The molecule has 2 aromatic heterocycles. The fourth-order valence-corrected chi connectivity index (χ4v) is 3.81. The molecule has 1 saturated carbocycles. The number of carbonyl (C=O) groups excluding carboxylic acids is 1. The molecule has 3 rings (SSSR count). The third-order valence-electron chi connectivity index (χ3n) is 4.19. The van der Waals surface area contributed by atoms with Crippen molar-refractivity contribution >= 4 is 17.2 Å². The minimum absolute atomic E-state index is 0.0287. The smallest absolute Gasteiger partial charge is 0.263 e. The van der Waals surface area contributed by atoms with Crippen molar-refractivity contribution in [2.45, 2.75) is 31.7 Å². The molecular weight excluding hydrogens is 284 g/mol. The number of hydrogen-bond donors (Lipinski definition) is 2. The van der Waals surface area contributed by atoms with Gasteiger partial charge in [-0.1, -0.05) is 12.8 Å². The number of nitrogens with one attached hydrogen (secondary N) is 1. The molecule has 2 unspecified atom stereocenters. The Morgan fingerprint density at radius 1 is 1.33 bits per heavy atom. The average Bonchev–Trinajstić information content (AvgIpc) is 3.18. The van der Waals surface area contributed by atoms with E-state index in [-0.39, 0.29) is 24.5 Å². The van der Waals surface area contributed by atoms with E-state index in [4.69, 9.17) is 0 Å². The van der Waals surface area contributed by atoms with Crippen LogP contribution in [0.5, 0.6) is 0 Å². The molecular formula is C16H20N2O2S. The molecule has 0 aromatic carbocycles. The molecule has 112 valence electrons. The molecule has 2 aromatic rings. The van der Waals surface area contributed by atoms with E-state index in [0.717, 1.165) is 36.2 Å². The summed E-state index contributed by atoms with van der Waals surface area (Å²) in [7, 11) is 0. The Morgan fingerprint density at radius 2 is 2.10 bits per heavy atom. The lowest BCUT2D eigenvalue weighted by Gasteiger charge is -2.30. The van der Waals surface area contributed by atoms with Crippen LogP contribution in [0.2, 0.25) is 0 Å². The van der Waals surface area contributed by atoms with E-state index in [1.807, 2.05) is 40.5 Å². The van der Waals surface area contributed by atoms with Crippen molar-refractivity contribution in [2.24, 2.45) is 5.92 Å². The van der Waals surface area contributed by atoms with Crippen LogP contribution in [0.4, 0.5) is 0 Å². The van der Waals surface area contributed by atoms with E-state index in [2.05, 4.69) is 5.32 Å². The van der Waals surface area contributed by atoms with Crippen molar-refractivity contribution in [3.8, 4) is 5.69 Å². The topological polar surface area (TPSA) is 54.3 Å². The Labute approximate surface area is 128 Å². The molecule has 0 aliphatic heterocycles. The summed E-state index contributed by atoms with van der Waals surface area (Å²) in [6.45, 7) is 0.153. The number of aliphatic hydroxyl groups is 1. The highest BCUT2D eigenvalue weighted by atomic mass is 32.1. The standard InChI is InChI=1S/C16H20N2O2S/c19-11-12-5-1-2-6-13(12)17-16(20)15-14(7-10-21-15)18-8-3-4-9-18/h3-4,7-10,12-13,19H,1-2,5-6,11H2,(H,17,20). The number of hydrogen-bond acceptors (Lipinski definition) is 3. The molecule has 2 N–H and O–H groups in total. The minimum Gasteiger partial charge on any atom is -0.396 e. The van der Waals surface area contributed by atoms with Gasteiger partial charge in [0.1, 0.15) is 4.88 Å². The van der Waals surface area contributed by atoms with Gasteiger partial charge in [-0.15, -0.1) is 11.3 Å². The van der Waals surface area contributed by atoms with Crippen molar-refractivity contribution in [3.05, 3.63) is 40.8 Å². The third kappa shape index (κ3) is 3.04. The number of nitrogens with zero attached hydrogens (tertiary/aromatic N) is 1. The summed E-state index contributed by atoms with van der Waals surface area (Å²) < 4.78 is 1.95. The first-order valence-corrected chi connectivity index (χ1v) is 8.30. The molecule has 2 atom stereocenters. The highest BCUT2D eigenvalue weighted by molar-refractivity contribution is 7.12. The quantitative estimate of drug-likeness (QED) is 0.912. The minimum atomic E-state index is -0.0287. The van der Waals surface area contributed by atoms with Gasteiger partial charge in [0.2, 0.25) is 0 Å². The Hall–Kier alpha value is -1.59. The van der Waals surface area contributed by atoms with E-state index < -0.39 is 0 Å². The van der Waals surface area contributed by atoms with Crippen molar-refractivity contribution in [2.75, 3.05) is 6.61 Å². The normalized spacial score (nSPS) is 22.1. The summed E-state index contributed by atoms with van der Waals surface area (Å²) in [6.07, 6.45) is 8.10. The zero-order valence-electron chi connectivity index (χ0n) is 11.9. The predicted octanol–water partition coefficient (Wildman–Crippen LogP) is 2.82. The van der Waals surface area contributed by atoms with Gasteiger partial charge >= 0.3 is 0 Å². The number of aliphatic hydroxyl groups excluding tert-OH is 1. The molecule has 0 radical (unpaired) electrons. The molecule has 1 fully saturated rings. The van der Waals surface area contributed by atoms with Crippen LogP contribution in [0.3, 0.4) is 0 Å². The van der Waals surface area contributed by atoms with Gasteiger partial charge in [-0.05, 0) is 36.4 Å². The summed E-state index contributed by atoms with van der Waals surface area (Å²) >= 11 is 1.46. The molecule has 2 heterocycles. The maximum atomic E-state index is 12.6. The predicted molar refractivity (Wildman–Crippen MR) is 83.9 cm³/mol. The van der Waals surface area contributed by atoms with E-state index in [9.17, 15) is 9.90 Å². The Balaban J connectivity index is 1.75. The van der Waals surface area contributed by atoms with Gasteiger partial charge < -0.3 is 15.0 Å². The van der Waals surface area contributed by atoms with Crippen LogP contribution in [-0.4, -0.2) is 28.2 Å². The molecule has 1 amide bonds. The second-order valence-electron chi connectivity index (χ2n) is 5.53. The summed E-state index contributed by atoms with van der Waals surface area (Å²) in [5, 5.41) is 14.5. The van der Waals surface area contributed by atoms with Gasteiger partial charge in [-0.2, -0.15) is 0 Å². The summed E-state index contributed by atoms with van der Waals surface area (Å²) in [5.41, 5.74) is 0.916. The Bertz CT molecular complexity index is 591. The first-order chi connectivity index (χ1) is 10.3. The zero-order valence-corrected chi connectivity index (χ0v) is 12.7. The molecule has 0 spiro atoms. The Morgan fingerprint density at radius 3 is 2.86 bits per heavy atom. The first-order valence-electron chi connectivity index (χ1n) is 7.42. The van der Waals surface area contributed by atoms with Crippen LogP contribution < -0.4 is 5.32 Å². The van der Waals surface area contributed by atoms with Gasteiger partial charge in [-0.25, -0.2) is 0 Å². The fourth-order valence-electron chi connectivity index (χ4n) is 3.02. The number of rotatable bonds is 4. The fraction of sp³-hybridized carbons (Fsp3) is 0.438. The van der Waals surface area contributed by atoms with Gasteiger partial charge in [0, 0.05) is 31.0 Å². The van der Waals surface area contributed by atoms with Crippen LogP contribution >= 0.6 is 11.3 Å². The lowest BCUT2D eigenvalue weighted by molar-refractivity contribution is 0.0876. The van der Waals surface area contributed by atoms with Crippen LogP contribution in [0.25, 0.3) is 5.69 Å². The average molecular weight is 304 g/mol. The summed E-state index contributed by atoms with van der Waals surface area (Å²) in [4.78, 5) is 13.3. The van der Waals surface area contributed by atoms with E-state index in [0.29, 0.717) is 0 Å². The van der Waals surface area contributed by atoms with E-state index in [1.165, 1.54) is 11.3 Å². The summed E-state index contributed by atoms with van der Waals surface area (Å²) in [5.74, 6) is 0.164. The number of aromatic nitrogens is 1. The van der Waals surface area contributed by atoms with Crippen LogP contribution in [0.1, 0.15) is 35.4 Å². The maximum Gasteiger partial charge on any atom is 0.263 e. The SMILES string of the molecule is O=C(NC1CCCCC1CO)c1sccc1-n1cccc1. The number of thiophene rings is 1. The molecule has 1 aliphatic rings. The molecule has 21 heavy (non-hydrogen) atoms. The molecule has 4 nitrogen and oxygen atoms in total. The first kappa shape index (κ1) is 14.4. The van der Waals surface area contributed by atoms with Crippen molar-refractivity contribution in [1.29, 1.82) is 0 Å². The molecule has 1 aliphatic carbocycles. The highest BCUT2D eigenvalue weighted by Crippen LogP contribution is 2.26. The van der Waals surface area contributed by atoms with Crippen LogP contribution in [0.15, 0.2) is 36.0 Å². The zero-order chi connectivity index (χ0) is 14.7. The van der Waals surface area contributed by atoms with E-state index in [1.54, 1.807) is 0 Å². The van der Waals surface area contributed by atoms with E-state index >= 15 is 0 Å². The lowest BCUT2D eigenvalue weighted by atomic mass is 9.85. The van der Waals surface area contributed by atoms with Gasteiger partial charge in [0.25, 0.3) is 5.91 Å². The monoisotopic (exact) mass is 304 g/mol. The third-order valence-corrected chi connectivity index (χ3v) is 5.10. The number of amides is 1. The number of carbonyl (C=O) groups is 1. The van der Waals surface area contributed by atoms with Gasteiger partial charge in [0.05, 0.1) is 5.69 Å². The van der Waals surface area contributed by atoms with Crippen molar-refractivity contribution < 1.29 is 9.90 Å². The second-order valence-corrected chi connectivity index (χ2v) is 6.45. The maximum absolute atomic E-state index is 12.6. The lowest BCUT2D eigenvalue weighted by Crippen LogP contribution is -2.43. The summed E-state index contributed by atoms with van der Waals surface area (Å²) in [6, 6.07) is 5.95. The Kier molecular flexibility index (Phi) is 4.41.